The molecule has 0 saturated heterocycles. The molecule has 0 heterocycles. The molecule has 0 fully saturated rings. The van der Waals surface area contributed by atoms with Crippen LogP contribution in [0.25, 0.3) is 16.7 Å². The molecule has 0 radical (unpaired) electrons. The Labute approximate surface area is 251 Å². The van der Waals surface area contributed by atoms with Crippen molar-refractivity contribution in [2.45, 2.75) is 123 Å². The highest BCUT2D eigenvalue weighted by Gasteiger charge is 2.42. The Bertz CT molecular complexity index is 1290. The topological polar surface area (TPSA) is 24.7 Å². The van der Waals surface area contributed by atoms with Gasteiger partial charge in [0, 0.05) is 25.1 Å². The van der Waals surface area contributed by atoms with E-state index in [1.807, 2.05) is 14.1 Å². The van der Waals surface area contributed by atoms with Crippen molar-refractivity contribution in [3.63, 3.8) is 0 Å². The molecular formula is C39H54N2. The number of unbranched alkanes of at least 4 members (excludes halogenated alkanes) is 10. The molecule has 2 aromatic rings. The van der Waals surface area contributed by atoms with E-state index in [4.69, 9.17) is 4.99 Å². The summed E-state index contributed by atoms with van der Waals surface area (Å²) in [6.45, 7) is 9.02. The molecule has 41 heavy (non-hydrogen) atoms. The minimum atomic E-state index is 0.0917. The zero-order chi connectivity index (χ0) is 29.2. The Morgan fingerprint density at radius 1 is 0.585 bits per heavy atom. The number of nitrogens with zero attached hydrogens (tertiary/aromatic N) is 2. The van der Waals surface area contributed by atoms with Crippen LogP contribution in [0.4, 0.5) is 0 Å². The third kappa shape index (κ3) is 6.85. The van der Waals surface area contributed by atoms with Crippen molar-refractivity contribution in [3.05, 3.63) is 76.4 Å². The Morgan fingerprint density at radius 2 is 1.12 bits per heavy atom. The zero-order valence-corrected chi connectivity index (χ0v) is 26.9. The molecular weight excluding hydrogens is 496 g/mol. The second-order valence-corrected chi connectivity index (χ2v) is 12.5. The Hall–Kier alpha value is -2.74. The first kappa shape index (κ1) is 31.2. The third-order valence-electron chi connectivity index (χ3n) is 9.54. The fourth-order valence-corrected chi connectivity index (χ4v) is 7.28. The van der Waals surface area contributed by atoms with Crippen LogP contribution in [0, 0.1) is 6.92 Å². The number of rotatable bonds is 15. The highest BCUT2D eigenvalue weighted by molar-refractivity contribution is 6.63. The van der Waals surface area contributed by atoms with Crippen molar-refractivity contribution in [3.8, 4) is 11.1 Å². The lowest BCUT2D eigenvalue weighted by molar-refractivity contribution is 0.397. The second-order valence-electron chi connectivity index (χ2n) is 12.5. The lowest BCUT2D eigenvalue weighted by Crippen LogP contribution is -2.26. The Kier molecular flexibility index (Phi) is 11.4. The normalized spacial score (nSPS) is 17.5. The predicted octanol–water partition coefficient (Wildman–Crippen LogP) is 11.2. The second kappa shape index (κ2) is 14.9. The lowest BCUT2D eigenvalue weighted by Gasteiger charge is -2.33. The van der Waals surface area contributed by atoms with Crippen molar-refractivity contribution in [2.24, 2.45) is 9.98 Å². The van der Waals surface area contributed by atoms with E-state index in [0.717, 1.165) is 11.4 Å². The Balaban J connectivity index is 1.76. The summed E-state index contributed by atoms with van der Waals surface area (Å²) in [5.74, 6) is 0. The summed E-state index contributed by atoms with van der Waals surface area (Å²) in [6.07, 6.45) is 23.1. The first-order chi connectivity index (χ1) is 20.0. The number of benzene rings is 2. The standard InChI is InChI=1S/C39H54N2/c1-7-9-11-13-15-17-25-39(26-18-16-14-12-10-8-2)35-27-29(3)19-22-33(35)34-24-21-31(28-36(34)39)32-23-20-30(4)37(40-5)38(32)41-6/h19-24,27-28H,7-18,25-26H2,1-6H3/b40-37-,41-38-. The van der Waals surface area contributed by atoms with E-state index in [1.54, 1.807) is 11.1 Å². The van der Waals surface area contributed by atoms with Crippen molar-refractivity contribution in [1.82, 2.24) is 0 Å². The fourth-order valence-electron chi connectivity index (χ4n) is 7.28. The number of hydrogen-bond donors (Lipinski definition) is 0. The maximum Gasteiger partial charge on any atom is 0.0903 e. The van der Waals surface area contributed by atoms with Crippen LogP contribution in [-0.2, 0) is 5.41 Å². The molecule has 0 aromatic heterocycles. The van der Waals surface area contributed by atoms with E-state index in [-0.39, 0.29) is 5.41 Å². The van der Waals surface area contributed by atoms with Crippen LogP contribution in [0.2, 0.25) is 0 Å². The van der Waals surface area contributed by atoms with Gasteiger partial charge in [-0.15, -0.1) is 0 Å². The number of aryl methyl sites for hydroxylation is 1. The minimum absolute atomic E-state index is 0.0917. The summed E-state index contributed by atoms with van der Waals surface area (Å²) in [6, 6.07) is 14.5. The molecule has 220 valence electrons. The van der Waals surface area contributed by atoms with Gasteiger partial charge in [0.15, 0.2) is 0 Å². The average Bonchev–Trinajstić information content (AvgIpc) is 3.24. The zero-order valence-electron chi connectivity index (χ0n) is 26.9. The van der Waals surface area contributed by atoms with Gasteiger partial charge in [-0.25, -0.2) is 0 Å². The summed E-state index contributed by atoms with van der Waals surface area (Å²) < 4.78 is 0. The smallest absolute Gasteiger partial charge is 0.0903 e. The molecule has 2 heteroatoms. The molecule has 0 saturated carbocycles. The molecule has 2 aliphatic carbocycles. The third-order valence-corrected chi connectivity index (χ3v) is 9.54. The van der Waals surface area contributed by atoms with Gasteiger partial charge in [-0.1, -0.05) is 139 Å². The van der Waals surface area contributed by atoms with Crippen LogP contribution in [0.5, 0.6) is 0 Å². The van der Waals surface area contributed by atoms with Gasteiger partial charge in [0.25, 0.3) is 0 Å². The molecule has 2 aliphatic rings. The maximum absolute atomic E-state index is 4.74. The number of aliphatic imine (C=N–C) groups is 2. The Morgan fingerprint density at radius 3 is 1.71 bits per heavy atom. The van der Waals surface area contributed by atoms with E-state index in [9.17, 15) is 0 Å². The van der Waals surface area contributed by atoms with Gasteiger partial charge in [0.1, 0.15) is 0 Å². The molecule has 0 N–H and O–H groups in total. The summed E-state index contributed by atoms with van der Waals surface area (Å²) >= 11 is 0. The van der Waals surface area contributed by atoms with Crippen molar-refractivity contribution in [2.75, 3.05) is 14.1 Å². The highest BCUT2D eigenvalue weighted by Crippen LogP contribution is 2.55. The summed E-state index contributed by atoms with van der Waals surface area (Å²) in [5, 5.41) is 0. The first-order valence-corrected chi connectivity index (χ1v) is 16.6. The minimum Gasteiger partial charge on any atom is -0.286 e. The van der Waals surface area contributed by atoms with E-state index in [1.165, 1.54) is 123 Å². The average molecular weight is 551 g/mol. The van der Waals surface area contributed by atoms with Crippen LogP contribution < -0.4 is 0 Å². The van der Waals surface area contributed by atoms with Gasteiger partial charge >= 0.3 is 0 Å². The van der Waals surface area contributed by atoms with Gasteiger partial charge in [0.05, 0.1) is 11.4 Å². The van der Waals surface area contributed by atoms with Gasteiger partial charge in [0.2, 0.25) is 0 Å². The van der Waals surface area contributed by atoms with Gasteiger partial charge in [-0.3, -0.25) is 9.98 Å². The van der Waals surface area contributed by atoms with Crippen molar-refractivity contribution >= 4 is 17.0 Å². The van der Waals surface area contributed by atoms with Crippen LogP contribution in [0.3, 0.4) is 0 Å². The molecule has 4 rings (SSSR count). The highest BCUT2D eigenvalue weighted by atomic mass is 14.8. The molecule has 0 aliphatic heterocycles. The summed E-state index contributed by atoms with van der Waals surface area (Å²) in [7, 11) is 3.79. The lowest BCUT2D eigenvalue weighted by atomic mass is 9.70. The summed E-state index contributed by atoms with van der Waals surface area (Å²) in [5.41, 5.74) is 13.2. The molecule has 0 atom stereocenters. The van der Waals surface area contributed by atoms with Crippen LogP contribution in [0.1, 0.15) is 133 Å². The maximum atomic E-state index is 4.74. The van der Waals surface area contributed by atoms with Gasteiger partial charge in [-0.05, 0) is 66.1 Å². The molecule has 0 amide bonds. The van der Waals surface area contributed by atoms with Crippen LogP contribution >= 0.6 is 0 Å². The van der Waals surface area contributed by atoms with Crippen molar-refractivity contribution < 1.29 is 0 Å². The van der Waals surface area contributed by atoms with Crippen LogP contribution in [0.15, 0.2) is 64.1 Å². The van der Waals surface area contributed by atoms with Gasteiger partial charge in [-0.2, -0.15) is 0 Å². The van der Waals surface area contributed by atoms with E-state index in [0.29, 0.717) is 0 Å². The van der Waals surface area contributed by atoms with Crippen molar-refractivity contribution in [1.29, 1.82) is 0 Å². The predicted molar refractivity (Wildman–Crippen MR) is 182 cm³/mol. The number of hydrogen-bond acceptors (Lipinski definition) is 2. The van der Waals surface area contributed by atoms with Gasteiger partial charge < -0.3 is 0 Å². The molecule has 2 aromatic carbocycles. The first-order valence-electron chi connectivity index (χ1n) is 16.6. The summed E-state index contributed by atoms with van der Waals surface area (Å²) in [4.78, 5) is 9.35. The molecule has 2 nitrogen and oxygen atoms in total. The van der Waals surface area contributed by atoms with E-state index >= 15 is 0 Å². The number of fused-ring (bicyclic) bond motifs is 3. The monoisotopic (exact) mass is 550 g/mol. The van der Waals surface area contributed by atoms with E-state index in [2.05, 4.69) is 81.2 Å². The van der Waals surface area contributed by atoms with E-state index < -0.39 is 0 Å². The molecule has 0 bridgehead atoms. The van der Waals surface area contributed by atoms with Crippen LogP contribution in [-0.4, -0.2) is 25.5 Å². The number of allylic oxidation sites excluding steroid dienone is 4. The largest absolute Gasteiger partial charge is 0.286 e. The fraction of sp³-hybridized carbons (Fsp3) is 0.538. The quantitative estimate of drug-likeness (QED) is 0.156. The molecule has 0 unspecified atom stereocenters. The SMILES string of the molecule is CCCCCCCCC1(CCCCCCCC)c2cc(C)ccc2-c2ccc(C3=CC=C(C)C(=N/C)/C3=N\C)cc21. The molecule has 0 spiro atoms.